The first-order valence-electron chi connectivity index (χ1n) is 9.51. The summed E-state index contributed by atoms with van der Waals surface area (Å²) < 4.78 is 17.7. The number of ether oxygens (including phenoxy) is 3. The van der Waals surface area contributed by atoms with E-state index in [0.717, 1.165) is 45.6 Å². The molecule has 144 valence electrons. The molecular formula is C26H22O3. The Bertz CT molecular complexity index is 994. The van der Waals surface area contributed by atoms with Gasteiger partial charge in [0, 0.05) is 0 Å². The Kier molecular flexibility index (Phi) is 5.48. The summed E-state index contributed by atoms with van der Waals surface area (Å²) in [5, 5.41) is 0. The van der Waals surface area contributed by atoms with Crippen molar-refractivity contribution < 1.29 is 14.2 Å². The van der Waals surface area contributed by atoms with Crippen LogP contribution in [0, 0.1) is 13.8 Å². The van der Waals surface area contributed by atoms with Crippen LogP contribution in [0.25, 0.3) is 0 Å². The van der Waals surface area contributed by atoms with Crippen molar-refractivity contribution in [3.05, 3.63) is 108 Å². The van der Waals surface area contributed by atoms with E-state index in [0.29, 0.717) is 0 Å². The highest BCUT2D eigenvalue weighted by atomic mass is 16.5. The lowest BCUT2D eigenvalue weighted by Gasteiger charge is -2.10. The minimum atomic E-state index is 0.744. The molecule has 0 aliphatic heterocycles. The average Bonchev–Trinajstić information content (AvgIpc) is 2.71. The highest BCUT2D eigenvalue weighted by molar-refractivity contribution is 5.41. The molecule has 0 atom stereocenters. The zero-order chi connectivity index (χ0) is 20.1. The van der Waals surface area contributed by atoms with Crippen molar-refractivity contribution in [2.45, 2.75) is 13.8 Å². The Morgan fingerprint density at radius 3 is 1.00 bits per heavy atom. The van der Waals surface area contributed by atoms with E-state index in [-0.39, 0.29) is 0 Å². The normalized spacial score (nSPS) is 10.4. The fourth-order valence-corrected chi connectivity index (χ4v) is 2.92. The second-order valence-electron chi connectivity index (χ2n) is 6.88. The van der Waals surface area contributed by atoms with Gasteiger partial charge in [-0.15, -0.1) is 0 Å². The molecule has 4 aromatic rings. The van der Waals surface area contributed by atoms with Crippen molar-refractivity contribution >= 4 is 0 Å². The predicted octanol–water partition coefficient (Wildman–Crippen LogP) is 7.68. The Morgan fingerprint density at radius 2 is 0.690 bits per heavy atom. The van der Waals surface area contributed by atoms with Gasteiger partial charge in [0.15, 0.2) is 0 Å². The molecule has 0 radical (unpaired) electrons. The van der Waals surface area contributed by atoms with Crippen molar-refractivity contribution in [3.63, 3.8) is 0 Å². The summed E-state index contributed by atoms with van der Waals surface area (Å²) in [6.45, 7) is 4.09. The molecule has 3 nitrogen and oxygen atoms in total. The summed E-state index contributed by atoms with van der Waals surface area (Å²) in [7, 11) is 0. The van der Waals surface area contributed by atoms with Crippen LogP contribution in [0.1, 0.15) is 11.1 Å². The maximum absolute atomic E-state index is 5.92. The van der Waals surface area contributed by atoms with Crippen LogP contribution in [0.15, 0.2) is 97.1 Å². The van der Waals surface area contributed by atoms with Crippen LogP contribution in [0.2, 0.25) is 0 Å². The van der Waals surface area contributed by atoms with Crippen LogP contribution in [0.4, 0.5) is 0 Å². The Balaban J connectivity index is 1.37. The van der Waals surface area contributed by atoms with Crippen molar-refractivity contribution in [2.24, 2.45) is 0 Å². The lowest BCUT2D eigenvalue weighted by atomic mass is 10.2. The first-order valence-corrected chi connectivity index (χ1v) is 9.51. The van der Waals surface area contributed by atoms with Gasteiger partial charge in [0.1, 0.15) is 34.5 Å². The summed E-state index contributed by atoms with van der Waals surface area (Å²) in [4.78, 5) is 0. The molecule has 0 unspecified atom stereocenters. The highest BCUT2D eigenvalue weighted by Crippen LogP contribution is 2.29. The van der Waals surface area contributed by atoms with E-state index in [4.69, 9.17) is 14.2 Å². The van der Waals surface area contributed by atoms with E-state index < -0.39 is 0 Å². The van der Waals surface area contributed by atoms with Crippen molar-refractivity contribution in [1.29, 1.82) is 0 Å². The molecule has 0 aliphatic rings. The first-order chi connectivity index (χ1) is 14.1. The number of aryl methyl sites for hydroxylation is 2. The van der Waals surface area contributed by atoms with Crippen LogP contribution >= 0.6 is 0 Å². The van der Waals surface area contributed by atoms with E-state index in [1.807, 2.05) is 111 Å². The van der Waals surface area contributed by atoms with E-state index in [2.05, 4.69) is 0 Å². The van der Waals surface area contributed by atoms with Crippen LogP contribution in [0.5, 0.6) is 34.5 Å². The smallest absolute Gasteiger partial charge is 0.127 e. The van der Waals surface area contributed by atoms with E-state index in [1.54, 1.807) is 0 Å². The van der Waals surface area contributed by atoms with Gasteiger partial charge in [0.25, 0.3) is 0 Å². The third kappa shape index (κ3) is 5.17. The molecule has 0 amide bonds. The molecular weight excluding hydrogens is 360 g/mol. The first kappa shape index (κ1) is 18.6. The summed E-state index contributed by atoms with van der Waals surface area (Å²) >= 11 is 0. The zero-order valence-electron chi connectivity index (χ0n) is 16.5. The summed E-state index contributed by atoms with van der Waals surface area (Å²) in [6.07, 6.45) is 0. The SMILES string of the molecule is Cc1cccc(Oc2ccc(Oc3ccc(Oc4cccc(C)c4)cc3)cc2)c1. The second-order valence-corrected chi connectivity index (χ2v) is 6.88. The molecule has 0 saturated carbocycles. The van der Waals surface area contributed by atoms with Gasteiger partial charge in [-0.3, -0.25) is 0 Å². The highest BCUT2D eigenvalue weighted by Gasteiger charge is 2.02. The van der Waals surface area contributed by atoms with Crippen LogP contribution in [-0.2, 0) is 0 Å². The molecule has 0 N–H and O–H groups in total. The molecule has 0 fully saturated rings. The van der Waals surface area contributed by atoms with Crippen molar-refractivity contribution in [2.75, 3.05) is 0 Å². The summed E-state index contributed by atoms with van der Waals surface area (Å²) in [5.41, 5.74) is 2.33. The Hall–Kier alpha value is -3.72. The minimum absolute atomic E-state index is 0.744. The van der Waals surface area contributed by atoms with Crippen molar-refractivity contribution in [3.8, 4) is 34.5 Å². The summed E-state index contributed by atoms with van der Waals surface area (Å²) in [6, 6.07) is 31.1. The van der Waals surface area contributed by atoms with E-state index >= 15 is 0 Å². The van der Waals surface area contributed by atoms with Crippen molar-refractivity contribution in [1.82, 2.24) is 0 Å². The van der Waals surface area contributed by atoms with E-state index in [1.165, 1.54) is 0 Å². The quantitative estimate of drug-likeness (QED) is 0.342. The molecule has 29 heavy (non-hydrogen) atoms. The molecule has 0 aliphatic carbocycles. The fourth-order valence-electron chi connectivity index (χ4n) is 2.92. The maximum atomic E-state index is 5.92. The van der Waals surface area contributed by atoms with E-state index in [9.17, 15) is 0 Å². The molecule has 4 aromatic carbocycles. The average molecular weight is 382 g/mol. The summed E-state index contributed by atoms with van der Waals surface area (Å²) in [5.74, 6) is 4.67. The van der Waals surface area contributed by atoms with Gasteiger partial charge < -0.3 is 14.2 Å². The zero-order valence-corrected chi connectivity index (χ0v) is 16.5. The fraction of sp³-hybridized carbons (Fsp3) is 0.0769. The monoisotopic (exact) mass is 382 g/mol. The Morgan fingerprint density at radius 1 is 0.379 bits per heavy atom. The second kappa shape index (κ2) is 8.53. The largest absolute Gasteiger partial charge is 0.457 e. The van der Waals surface area contributed by atoms with Gasteiger partial charge in [-0.05, 0) is 97.8 Å². The predicted molar refractivity (Wildman–Crippen MR) is 115 cm³/mol. The van der Waals surface area contributed by atoms with Gasteiger partial charge in [0.05, 0.1) is 0 Å². The number of hydrogen-bond acceptors (Lipinski definition) is 3. The molecule has 3 heteroatoms. The molecule has 0 spiro atoms. The molecule has 0 saturated heterocycles. The van der Waals surface area contributed by atoms with Gasteiger partial charge >= 0.3 is 0 Å². The van der Waals surface area contributed by atoms with Crippen LogP contribution in [-0.4, -0.2) is 0 Å². The van der Waals surface area contributed by atoms with Gasteiger partial charge in [-0.1, -0.05) is 24.3 Å². The molecule has 0 bridgehead atoms. The lowest BCUT2D eigenvalue weighted by Crippen LogP contribution is -1.88. The van der Waals surface area contributed by atoms with Crippen LogP contribution in [0.3, 0.4) is 0 Å². The number of rotatable bonds is 6. The third-order valence-electron chi connectivity index (χ3n) is 4.33. The topological polar surface area (TPSA) is 27.7 Å². The minimum Gasteiger partial charge on any atom is -0.457 e. The number of hydrogen-bond donors (Lipinski definition) is 0. The number of benzene rings is 4. The maximum Gasteiger partial charge on any atom is 0.127 e. The van der Waals surface area contributed by atoms with Gasteiger partial charge in [-0.25, -0.2) is 0 Å². The third-order valence-corrected chi connectivity index (χ3v) is 4.33. The molecule has 0 heterocycles. The van der Waals surface area contributed by atoms with Gasteiger partial charge in [-0.2, -0.15) is 0 Å². The van der Waals surface area contributed by atoms with Crippen LogP contribution < -0.4 is 14.2 Å². The Labute approximate surface area is 171 Å². The van der Waals surface area contributed by atoms with Gasteiger partial charge in [0.2, 0.25) is 0 Å². The molecule has 4 rings (SSSR count). The molecule has 0 aromatic heterocycles. The lowest BCUT2D eigenvalue weighted by molar-refractivity contribution is 0.464. The standard InChI is InChI=1S/C26H22O3/c1-19-5-3-7-25(17-19)28-23-13-9-21(10-14-23)27-22-11-15-24(16-12-22)29-26-8-4-6-20(2)18-26/h3-18H,1-2H3.